The van der Waals surface area contributed by atoms with Crippen molar-refractivity contribution in [3.05, 3.63) is 97.0 Å². The average molecular weight is 522 g/mol. The summed E-state index contributed by atoms with van der Waals surface area (Å²) in [5.41, 5.74) is 4.36. The molecule has 0 aliphatic carbocycles. The Labute approximate surface area is 170 Å². The SMILES string of the molecule is CC(C)(C)c1c[c-]c(-c2ccc(C(=O)c3ccccc3)cn2)cc1.[CH3-].[Ir]. The Hall–Kier alpha value is -2.09. The number of carbonyl (C=O) groups is 1. The van der Waals surface area contributed by atoms with E-state index in [1.54, 1.807) is 6.20 Å². The van der Waals surface area contributed by atoms with E-state index >= 15 is 0 Å². The summed E-state index contributed by atoms with van der Waals surface area (Å²) in [7, 11) is 0. The van der Waals surface area contributed by atoms with Crippen LogP contribution in [0, 0.1) is 13.5 Å². The van der Waals surface area contributed by atoms with Crippen LogP contribution in [-0.4, -0.2) is 10.8 Å². The van der Waals surface area contributed by atoms with Gasteiger partial charge in [-0.15, -0.1) is 35.4 Å². The van der Waals surface area contributed by atoms with Crippen LogP contribution in [0.15, 0.2) is 66.9 Å². The second-order valence-electron chi connectivity index (χ2n) is 6.87. The molecule has 1 radical (unpaired) electrons. The van der Waals surface area contributed by atoms with E-state index in [9.17, 15) is 4.79 Å². The molecule has 0 amide bonds. The molecule has 0 spiro atoms. The molecule has 0 aliphatic rings. The molecule has 0 aliphatic heterocycles. The second-order valence-corrected chi connectivity index (χ2v) is 6.87. The maximum absolute atomic E-state index is 12.4. The van der Waals surface area contributed by atoms with Gasteiger partial charge in [0, 0.05) is 37.4 Å². The Morgan fingerprint density at radius 1 is 0.923 bits per heavy atom. The predicted molar refractivity (Wildman–Crippen MR) is 103 cm³/mol. The summed E-state index contributed by atoms with van der Waals surface area (Å²) in [5, 5.41) is 0. The third-order valence-electron chi connectivity index (χ3n) is 4.02. The number of carbonyl (C=O) groups excluding carboxylic acids is 1. The number of rotatable bonds is 3. The molecule has 0 N–H and O–H groups in total. The molecule has 26 heavy (non-hydrogen) atoms. The number of hydrogen-bond donors (Lipinski definition) is 0. The largest absolute Gasteiger partial charge is 0.358 e. The van der Waals surface area contributed by atoms with E-state index in [1.165, 1.54) is 5.56 Å². The molecule has 1 aromatic heterocycles. The molecule has 0 bridgehead atoms. The van der Waals surface area contributed by atoms with E-state index in [0.717, 1.165) is 11.3 Å². The van der Waals surface area contributed by atoms with Crippen LogP contribution in [0.1, 0.15) is 42.3 Å². The molecule has 0 atom stereocenters. The van der Waals surface area contributed by atoms with E-state index < -0.39 is 0 Å². The van der Waals surface area contributed by atoms with Gasteiger partial charge >= 0.3 is 0 Å². The van der Waals surface area contributed by atoms with Gasteiger partial charge in [-0.3, -0.25) is 4.79 Å². The first kappa shape index (κ1) is 22.0. The number of aromatic nitrogens is 1. The fourth-order valence-electron chi connectivity index (χ4n) is 2.49. The summed E-state index contributed by atoms with van der Waals surface area (Å²) in [4.78, 5) is 16.8. The molecule has 137 valence electrons. The van der Waals surface area contributed by atoms with E-state index in [0.29, 0.717) is 11.1 Å². The minimum atomic E-state index is -0.0123. The van der Waals surface area contributed by atoms with Gasteiger partial charge in [0.25, 0.3) is 0 Å². The molecule has 0 unspecified atom stereocenters. The summed E-state index contributed by atoms with van der Waals surface area (Å²) in [6.07, 6.45) is 1.64. The number of benzene rings is 2. The van der Waals surface area contributed by atoms with Crippen molar-refractivity contribution in [3.63, 3.8) is 0 Å². The van der Waals surface area contributed by atoms with Crippen molar-refractivity contribution in [1.29, 1.82) is 0 Å². The van der Waals surface area contributed by atoms with E-state index in [2.05, 4.69) is 37.9 Å². The zero-order valence-electron chi connectivity index (χ0n) is 15.5. The number of hydrogen-bond acceptors (Lipinski definition) is 2. The molecule has 3 heteroatoms. The molecule has 0 saturated carbocycles. The zero-order valence-corrected chi connectivity index (χ0v) is 17.9. The normalized spacial score (nSPS) is 10.4. The number of nitrogens with zero attached hydrogens (tertiary/aromatic N) is 1. The van der Waals surface area contributed by atoms with Crippen molar-refractivity contribution in [3.8, 4) is 11.3 Å². The summed E-state index contributed by atoms with van der Waals surface area (Å²) in [6.45, 7) is 6.54. The maximum Gasteiger partial charge on any atom is 0.194 e. The summed E-state index contributed by atoms with van der Waals surface area (Å²) in [5.74, 6) is -0.0123. The van der Waals surface area contributed by atoms with Gasteiger partial charge in [-0.2, -0.15) is 0 Å². The van der Waals surface area contributed by atoms with E-state index in [1.807, 2.05) is 54.6 Å². The third kappa shape index (κ3) is 4.97. The predicted octanol–water partition coefficient (Wildman–Crippen LogP) is 5.53. The first-order valence-electron chi connectivity index (χ1n) is 8.03. The van der Waals surface area contributed by atoms with Crippen molar-refractivity contribution in [2.75, 3.05) is 0 Å². The molecule has 1 heterocycles. The monoisotopic (exact) mass is 522 g/mol. The van der Waals surface area contributed by atoms with Crippen LogP contribution in [0.5, 0.6) is 0 Å². The molecular weight excluding hydrogens is 498 g/mol. The average Bonchev–Trinajstić information content (AvgIpc) is 2.61. The van der Waals surface area contributed by atoms with Gasteiger partial charge in [-0.1, -0.05) is 63.2 Å². The van der Waals surface area contributed by atoms with Crippen LogP contribution in [-0.2, 0) is 25.5 Å². The van der Waals surface area contributed by atoms with Gasteiger partial charge in [0.1, 0.15) is 0 Å². The smallest absolute Gasteiger partial charge is 0.194 e. The van der Waals surface area contributed by atoms with Crippen molar-refractivity contribution >= 4 is 5.78 Å². The summed E-state index contributed by atoms with van der Waals surface area (Å²) < 4.78 is 0. The van der Waals surface area contributed by atoms with Crippen molar-refractivity contribution in [2.45, 2.75) is 26.2 Å². The first-order valence-corrected chi connectivity index (χ1v) is 8.03. The number of pyridine rings is 1. The Kier molecular flexibility index (Phi) is 7.62. The van der Waals surface area contributed by atoms with Gasteiger partial charge in [0.2, 0.25) is 0 Å². The molecule has 2 aromatic carbocycles. The Balaban J connectivity index is 0.00000169. The molecule has 0 saturated heterocycles. The number of ketones is 1. The van der Waals surface area contributed by atoms with Gasteiger partial charge in [0.05, 0.1) is 0 Å². The standard InChI is InChI=1S/C22H20NO.CH3.Ir/c1-22(2,3)19-12-9-16(10-13-19)20-14-11-18(15-23-20)21(24)17-7-5-4-6-8-17;;/h4-9,11-15H,1-3H3;1H3;/q2*-1;. The van der Waals surface area contributed by atoms with Crippen LogP contribution >= 0.6 is 0 Å². The maximum atomic E-state index is 12.4. The quantitative estimate of drug-likeness (QED) is 0.335. The molecule has 2 nitrogen and oxygen atoms in total. The van der Waals surface area contributed by atoms with Gasteiger partial charge < -0.3 is 12.4 Å². The topological polar surface area (TPSA) is 30.0 Å². The Morgan fingerprint density at radius 3 is 2.12 bits per heavy atom. The van der Waals surface area contributed by atoms with Crippen LogP contribution < -0.4 is 0 Å². The fourth-order valence-corrected chi connectivity index (χ4v) is 2.49. The minimum absolute atomic E-state index is 0. The molecular formula is C23H23IrNO-2. The zero-order chi connectivity index (χ0) is 17.2. The van der Waals surface area contributed by atoms with Crippen molar-refractivity contribution in [2.24, 2.45) is 0 Å². The van der Waals surface area contributed by atoms with Gasteiger partial charge in [0.15, 0.2) is 5.78 Å². The fraction of sp³-hybridized carbons (Fsp3) is 0.174. The Bertz CT molecular complexity index is 832. The third-order valence-corrected chi connectivity index (χ3v) is 4.02. The van der Waals surface area contributed by atoms with Gasteiger partial charge in [-0.25, -0.2) is 0 Å². The minimum Gasteiger partial charge on any atom is -0.358 e. The second kappa shape index (κ2) is 9.02. The van der Waals surface area contributed by atoms with Crippen LogP contribution in [0.25, 0.3) is 11.3 Å². The molecule has 3 aromatic rings. The van der Waals surface area contributed by atoms with Crippen LogP contribution in [0.3, 0.4) is 0 Å². The Morgan fingerprint density at radius 2 is 1.62 bits per heavy atom. The first-order chi connectivity index (χ1) is 11.4. The van der Waals surface area contributed by atoms with Crippen molar-refractivity contribution in [1.82, 2.24) is 4.98 Å². The molecule has 0 fully saturated rings. The molecule has 3 rings (SSSR count). The van der Waals surface area contributed by atoms with E-state index in [4.69, 9.17) is 0 Å². The van der Waals surface area contributed by atoms with E-state index in [-0.39, 0.29) is 38.7 Å². The van der Waals surface area contributed by atoms with Crippen LogP contribution in [0.4, 0.5) is 0 Å². The van der Waals surface area contributed by atoms with Crippen LogP contribution in [0.2, 0.25) is 0 Å². The summed E-state index contributed by atoms with van der Waals surface area (Å²) >= 11 is 0. The van der Waals surface area contributed by atoms with Crippen molar-refractivity contribution < 1.29 is 24.9 Å². The summed E-state index contributed by atoms with van der Waals surface area (Å²) in [6, 6.07) is 22.4. The van der Waals surface area contributed by atoms with Gasteiger partial charge in [-0.05, 0) is 11.1 Å².